The van der Waals surface area contributed by atoms with Crippen LogP contribution in [-0.2, 0) is 0 Å². The van der Waals surface area contributed by atoms with E-state index in [2.05, 4.69) is 15.3 Å². The SMILES string of the molecule is CCOc1ccc(NC(=O)N2CCCC(Oc3ncccn3)C2)cc1. The summed E-state index contributed by atoms with van der Waals surface area (Å²) in [6, 6.07) is 9.30. The molecule has 25 heavy (non-hydrogen) atoms. The molecular formula is C18H22N4O3. The Morgan fingerprint density at radius 2 is 2.04 bits per heavy atom. The van der Waals surface area contributed by atoms with Crippen molar-refractivity contribution in [3.8, 4) is 11.8 Å². The highest BCUT2D eigenvalue weighted by molar-refractivity contribution is 5.89. The van der Waals surface area contributed by atoms with Gasteiger partial charge in [0.15, 0.2) is 0 Å². The van der Waals surface area contributed by atoms with Gasteiger partial charge in [0.2, 0.25) is 0 Å². The number of urea groups is 1. The van der Waals surface area contributed by atoms with E-state index in [1.807, 2.05) is 31.2 Å². The fourth-order valence-electron chi connectivity index (χ4n) is 2.72. The number of nitrogens with one attached hydrogen (secondary N) is 1. The highest BCUT2D eigenvalue weighted by Crippen LogP contribution is 2.18. The van der Waals surface area contributed by atoms with E-state index in [1.54, 1.807) is 23.4 Å². The second-order valence-electron chi connectivity index (χ2n) is 5.75. The number of ether oxygens (including phenoxy) is 2. The van der Waals surface area contributed by atoms with Gasteiger partial charge in [0, 0.05) is 24.6 Å². The molecule has 1 unspecified atom stereocenters. The van der Waals surface area contributed by atoms with Gasteiger partial charge < -0.3 is 19.7 Å². The number of amides is 2. The summed E-state index contributed by atoms with van der Waals surface area (Å²) >= 11 is 0. The number of hydrogen-bond donors (Lipinski definition) is 1. The van der Waals surface area contributed by atoms with Crippen molar-refractivity contribution in [2.45, 2.75) is 25.9 Å². The average molecular weight is 342 g/mol. The number of aromatic nitrogens is 2. The molecule has 1 saturated heterocycles. The molecular weight excluding hydrogens is 320 g/mol. The van der Waals surface area contributed by atoms with Crippen LogP contribution < -0.4 is 14.8 Å². The predicted octanol–water partition coefficient (Wildman–Crippen LogP) is 2.95. The maximum absolute atomic E-state index is 12.5. The van der Waals surface area contributed by atoms with Gasteiger partial charge in [-0.3, -0.25) is 0 Å². The Hall–Kier alpha value is -2.83. The van der Waals surface area contributed by atoms with Crippen molar-refractivity contribution < 1.29 is 14.3 Å². The Kier molecular flexibility index (Phi) is 5.66. The summed E-state index contributed by atoms with van der Waals surface area (Å²) in [7, 11) is 0. The van der Waals surface area contributed by atoms with Gasteiger partial charge >= 0.3 is 12.0 Å². The zero-order chi connectivity index (χ0) is 17.5. The van der Waals surface area contributed by atoms with E-state index in [0.717, 1.165) is 24.3 Å². The van der Waals surface area contributed by atoms with E-state index in [1.165, 1.54) is 0 Å². The highest BCUT2D eigenvalue weighted by atomic mass is 16.5. The quantitative estimate of drug-likeness (QED) is 0.904. The monoisotopic (exact) mass is 342 g/mol. The lowest BCUT2D eigenvalue weighted by Gasteiger charge is -2.32. The van der Waals surface area contributed by atoms with Crippen LogP contribution in [0.1, 0.15) is 19.8 Å². The summed E-state index contributed by atoms with van der Waals surface area (Å²) in [5, 5.41) is 2.91. The minimum Gasteiger partial charge on any atom is -0.494 e. The third-order valence-corrected chi connectivity index (χ3v) is 3.90. The number of nitrogens with zero attached hydrogens (tertiary/aromatic N) is 3. The van der Waals surface area contributed by atoms with Crippen LogP contribution in [0.15, 0.2) is 42.7 Å². The van der Waals surface area contributed by atoms with E-state index < -0.39 is 0 Å². The van der Waals surface area contributed by atoms with Crippen molar-refractivity contribution in [2.75, 3.05) is 25.0 Å². The standard InChI is InChI=1S/C18H22N4O3/c1-2-24-15-8-6-14(7-9-15)21-18(23)22-12-3-5-16(13-22)25-17-19-10-4-11-20-17/h4,6-11,16H,2-3,5,12-13H2,1H3,(H,21,23). The van der Waals surface area contributed by atoms with E-state index in [9.17, 15) is 4.79 Å². The Labute approximate surface area is 147 Å². The fraction of sp³-hybridized carbons (Fsp3) is 0.389. The minimum atomic E-state index is -0.133. The molecule has 2 heterocycles. The molecule has 1 fully saturated rings. The zero-order valence-electron chi connectivity index (χ0n) is 14.2. The van der Waals surface area contributed by atoms with Gasteiger partial charge in [0.1, 0.15) is 11.9 Å². The number of likely N-dealkylation sites (tertiary alicyclic amines) is 1. The first-order valence-corrected chi connectivity index (χ1v) is 8.47. The predicted molar refractivity (Wildman–Crippen MR) is 93.9 cm³/mol. The summed E-state index contributed by atoms with van der Waals surface area (Å²) in [6.07, 6.45) is 4.95. The molecule has 7 heteroatoms. The third-order valence-electron chi connectivity index (χ3n) is 3.90. The van der Waals surface area contributed by atoms with Gasteiger partial charge in [-0.05, 0) is 50.1 Å². The van der Waals surface area contributed by atoms with Crippen LogP contribution >= 0.6 is 0 Å². The molecule has 3 rings (SSSR count). The largest absolute Gasteiger partial charge is 0.494 e. The molecule has 0 radical (unpaired) electrons. The minimum absolute atomic E-state index is 0.0952. The number of benzene rings is 1. The zero-order valence-corrected chi connectivity index (χ0v) is 14.2. The smallest absolute Gasteiger partial charge is 0.321 e. The first-order valence-electron chi connectivity index (χ1n) is 8.47. The van der Waals surface area contributed by atoms with Crippen molar-refractivity contribution in [1.82, 2.24) is 14.9 Å². The van der Waals surface area contributed by atoms with Crippen molar-refractivity contribution in [3.05, 3.63) is 42.7 Å². The third kappa shape index (κ3) is 4.82. The second kappa shape index (κ2) is 8.32. The Bertz CT molecular complexity index is 678. The molecule has 1 N–H and O–H groups in total. The summed E-state index contributed by atoms with van der Waals surface area (Å²) in [5.41, 5.74) is 0.739. The molecule has 1 aliphatic heterocycles. The van der Waals surface area contributed by atoms with Crippen LogP contribution in [0.4, 0.5) is 10.5 Å². The number of rotatable bonds is 5. The van der Waals surface area contributed by atoms with Crippen molar-refractivity contribution in [2.24, 2.45) is 0 Å². The topological polar surface area (TPSA) is 76.6 Å². The number of anilines is 1. The van der Waals surface area contributed by atoms with Gasteiger partial charge in [-0.2, -0.15) is 0 Å². The lowest BCUT2D eigenvalue weighted by Crippen LogP contribution is -2.46. The number of hydrogen-bond acceptors (Lipinski definition) is 5. The van der Waals surface area contributed by atoms with Crippen LogP contribution in [-0.4, -0.2) is 46.7 Å². The van der Waals surface area contributed by atoms with E-state index in [0.29, 0.717) is 25.7 Å². The maximum atomic E-state index is 12.5. The molecule has 0 aliphatic carbocycles. The summed E-state index contributed by atoms with van der Waals surface area (Å²) in [4.78, 5) is 22.4. The van der Waals surface area contributed by atoms with Crippen LogP contribution in [0, 0.1) is 0 Å². The van der Waals surface area contributed by atoms with Crippen LogP contribution in [0.2, 0.25) is 0 Å². The fourth-order valence-corrected chi connectivity index (χ4v) is 2.72. The Morgan fingerprint density at radius 1 is 1.28 bits per heavy atom. The number of carbonyl (C=O) groups is 1. The Morgan fingerprint density at radius 3 is 2.76 bits per heavy atom. The molecule has 0 saturated carbocycles. The molecule has 1 atom stereocenters. The average Bonchev–Trinajstić information content (AvgIpc) is 2.65. The molecule has 0 spiro atoms. The number of carbonyl (C=O) groups excluding carboxylic acids is 1. The first-order chi connectivity index (χ1) is 12.2. The van der Waals surface area contributed by atoms with E-state index in [4.69, 9.17) is 9.47 Å². The Balaban J connectivity index is 1.54. The van der Waals surface area contributed by atoms with Gasteiger partial charge in [0.25, 0.3) is 0 Å². The molecule has 132 valence electrons. The second-order valence-corrected chi connectivity index (χ2v) is 5.75. The van der Waals surface area contributed by atoms with Crippen molar-refractivity contribution >= 4 is 11.7 Å². The molecule has 1 aromatic carbocycles. The summed E-state index contributed by atoms with van der Waals surface area (Å²) in [5.74, 6) is 0.787. The molecule has 7 nitrogen and oxygen atoms in total. The van der Waals surface area contributed by atoms with Gasteiger partial charge in [-0.25, -0.2) is 14.8 Å². The normalized spacial score (nSPS) is 17.0. The van der Waals surface area contributed by atoms with E-state index in [-0.39, 0.29) is 12.1 Å². The van der Waals surface area contributed by atoms with E-state index >= 15 is 0 Å². The molecule has 2 aromatic rings. The maximum Gasteiger partial charge on any atom is 0.321 e. The molecule has 0 bridgehead atoms. The summed E-state index contributed by atoms with van der Waals surface area (Å²) < 4.78 is 11.2. The van der Waals surface area contributed by atoms with Crippen molar-refractivity contribution in [3.63, 3.8) is 0 Å². The molecule has 2 amide bonds. The van der Waals surface area contributed by atoms with Gasteiger partial charge in [0.05, 0.1) is 13.2 Å². The van der Waals surface area contributed by atoms with Gasteiger partial charge in [-0.1, -0.05) is 0 Å². The number of piperidine rings is 1. The lowest BCUT2D eigenvalue weighted by atomic mass is 10.1. The lowest BCUT2D eigenvalue weighted by molar-refractivity contribution is 0.0983. The van der Waals surface area contributed by atoms with Gasteiger partial charge in [-0.15, -0.1) is 0 Å². The van der Waals surface area contributed by atoms with Crippen LogP contribution in [0.5, 0.6) is 11.8 Å². The highest BCUT2D eigenvalue weighted by Gasteiger charge is 2.25. The van der Waals surface area contributed by atoms with Crippen LogP contribution in [0.3, 0.4) is 0 Å². The summed E-state index contributed by atoms with van der Waals surface area (Å²) in [6.45, 7) is 3.77. The molecule has 1 aliphatic rings. The first kappa shape index (κ1) is 17.0. The van der Waals surface area contributed by atoms with Crippen LogP contribution in [0.25, 0.3) is 0 Å². The molecule has 1 aromatic heterocycles. The van der Waals surface area contributed by atoms with Crippen molar-refractivity contribution in [1.29, 1.82) is 0 Å².